The van der Waals surface area contributed by atoms with Gasteiger partial charge in [-0.15, -0.1) is 0 Å². The molecule has 2 rings (SSSR count). The van der Waals surface area contributed by atoms with E-state index in [0.29, 0.717) is 0 Å². The molecule has 2 aromatic rings. The molecular weight excluding hydrogens is 228 g/mol. The lowest BCUT2D eigenvalue weighted by molar-refractivity contribution is 0.328. The van der Waals surface area contributed by atoms with Gasteiger partial charge in [0.05, 0.1) is 11.9 Å². The van der Waals surface area contributed by atoms with Crippen LogP contribution in [0.5, 0.6) is 0 Å². The first kappa shape index (κ1) is 12.7. The molecule has 0 saturated carbocycles. The molecule has 2 heterocycles. The van der Waals surface area contributed by atoms with E-state index < -0.39 is 0 Å². The lowest BCUT2D eigenvalue weighted by atomic mass is 10.1. The summed E-state index contributed by atoms with van der Waals surface area (Å²) in [5.41, 5.74) is 3.11. The highest BCUT2D eigenvalue weighted by Gasteiger charge is 2.10. The molecule has 2 N–H and O–H groups in total. The van der Waals surface area contributed by atoms with Gasteiger partial charge in [0.1, 0.15) is 6.33 Å². The van der Waals surface area contributed by atoms with Gasteiger partial charge in [0.25, 0.3) is 0 Å². The zero-order chi connectivity index (χ0) is 12.8. The van der Waals surface area contributed by atoms with Gasteiger partial charge in [0, 0.05) is 43.2 Å². The largest absolute Gasteiger partial charge is 0.318 e. The molecular formula is C12H18N6. The fourth-order valence-electron chi connectivity index (χ4n) is 1.78. The Hall–Kier alpha value is -1.79. The zero-order valence-electron chi connectivity index (χ0n) is 10.7. The first-order chi connectivity index (χ1) is 8.81. The molecule has 6 nitrogen and oxygen atoms in total. The highest BCUT2D eigenvalue weighted by molar-refractivity contribution is 5.60. The molecule has 0 bridgehead atoms. The second-order valence-corrected chi connectivity index (χ2v) is 4.24. The van der Waals surface area contributed by atoms with E-state index >= 15 is 0 Å². The number of H-pyrrole nitrogens is 1. The van der Waals surface area contributed by atoms with E-state index in [9.17, 15) is 0 Å². The van der Waals surface area contributed by atoms with Crippen LogP contribution in [0, 0.1) is 0 Å². The van der Waals surface area contributed by atoms with E-state index in [-0.39, 0.29) is 0 Å². The molecule has 18 heavy (non-hydrogen) atoms. The minimum Gasteiger partial charge on any atom is -0.318 e. The van der Waals surface area contributed by atoms with Crippen LogP contribution >= 0.6 is 0 Å². The number of hydrogen-bond donors (Lipinski definition) is 2. The van der Waals surface area contributed by atoms with Crippen LogP contribution in [0.2, 0.25) is 0 Å². The predicted octanol–water partition coefficient (Wildman–Crippen LogP) is 0.518. The molecule has 0 aromatic carbocycles. The molecule has 0 aliphatic carbocycles. The Bertz CT molecular complexity index is 466. The average molecular weight is 246 g/mol. The highest BCUT2D eigenvalue weighted by atomic mass is 15.1. The van der Waals surface area contributed by atoms with Gasteiger partial charge in [-0.2, -0.15) is 5.10 Å². The quantitative estimate of drug-likeness (QED) is 0.777. The smallest absolute Gasteiger partial charge is 0.115 e. The number of aromatic nitrogens is 4. The van der Waals surface area contributed by atoms with Crippen molar-refractivity contribution in [3.8, 4) is 11.3 Å². The number of likely N-dealkylation sites (N-methyl/N-ethyl adjacent to an activating group) is 2. The maximum absolute atomic E-state index is 4.11. The Balaban J connectivity index is 2.09. The van der Waals surface area contributed by atoms with Crippen molar-refractivity contribution in [3.05, 3.63) is 30.5 Å². The van der Waals surface area contributed by atoms with Gasteiger partial charge in [0.15, 0.2) is 0 Å². The van der Waals surface area contributed by atoms with Crippen molar-refractivity contribution in [2.45, 2.75) is 6.54 Å². The molecule has 6 heteroatoms. The summed E-state index contributed by atoms with van der Waals surface area (Å²) in [4.78, 5) is 10.3. The van der Waals surface area contributed by atoms with Crippen LogP contribution in [0.3, 0.4) is 0 Å². The summed E-state index contributed by atoms with van der Waals surface area (Å²) >= 11 is 0. The minimum absolute atomic E-state index is 0.850. The van der Waals surface area contributed by atoms with Crippen LogP contribution in [0.4, 0.5) is 0 Å². The molecule has 0 unspecified atom stereocenters. The van der Waals surface area contributed by atoms with Gasteiger partial charge in [-0.3, -0.25) is 5.10 Å². The maximum atomic E-state index is 4.11. The summed E-state index contributed by atoms with van der Waals surface area (Å²) < 4.78 is 0. The number of rotatable bonds is 6. The summed E-state index contributed by atoms with van der Waals surface area (Å²) in [6.45, 7) is 2.81. The number of nitrogens with zero attached hydrogens (tertiary/aromatic N) is 4. The van der Waals surface area contributed by atoms with E-state index in [1.807, 2.05) is 13.2 Å². The van der Waals surface area contributed by atoms with Gasteiger partial charge in [-0.05, 0) is 14.1 Å². The molecule has 0 aliphatic heterocycles. The fraction of sp³-hybridized carbons (Fsp3) is 0.417. The van der Waals surface area contributed by atoms with E-state index in [1.54, 1.807) is 12.4 Å². The first-order valence-electron chi connectivity index (χ1n) is 5.92. The Morgan fingerprint density at radius 3 is 2.78 bits per heavy atom. The number of hydrogen-bond acceptors (Lipinski definition) is 5. The van der Waals surface area contributed by atoms with Crippen molar-refractivity contribution < 1.29 is 0 Å². The Labute approximate surface area is 106 Å². The third-order valence-corrected chi connectivity index (χ3v) is 2.75. The SMILES string of the molecule is CNCCN(C)Cc1cn[nH]c1-c1cncnc1. The lowest BCUT2D eigenvalue weighted by Crippen LogP contribution is -2.27. The van der Waals surface area contributed by atoms with Crippen LogP contribution in [0.25, 0.3) is 11.3 Å². The minimum atomic E-state index is 0.850. The molecule has 0 spiro atoms. The molecule has 0 radical (unpaired) electrons. The molecule has 0 aliphatic rings. The van der Waals surface area contributed by atoms with Gasteiger partial charge in [0.2, 0.25) is 0 Å². The molecule has 0 fully saturated rings. The Morgan fingerprint density at radius 1 is 1.28 bits per heavy atom. The van der Waals surface area contributed by atoms with Crippen molar-refractivity contribution in [2.24, 2.45) is 0 Å². The van der Waals surface area contributed by atoms with Crippen LogP contribution < -0.4 is 5.32 Å². The van der Waals surface area contributed by atoms with Crippen molar-refractivity contribution in [1.82, 2.24) is 30.4 Å². The Morgan fingerprint density at radius 2 is 2.06 bits per heavy atom. The molecule has 0 saturated heterocycles. The zero-order valence-corrected chi connectivity index (χ0v) is 10.7. The van der Waals surface area contributed by atoms with Gasteiger partial charge in [-0.25, -0.2) is 9.97 Å². The lowest BCUT2D eigenvalue weighted by Gasteiger charge is -2.16. The predicted molar refractivity (Wildman–Crippen MR) is 69.9 cm³/mol. The van der Waals surface area contributed by atoms with E-state index in [0.717, 1.165) is 36.5 Å². The van der Waals surface area contributed by atoms with E-state index in [1.165, 1.54) is 6.33 Å². The van der Waals surface area contributed by atoms with Gasteiger partial charge in [-0.1, -0.05) is 0 Å². The standard InChI is InChI=1S/C12H18N6/c1-13-3-4-18(2)8-11-7-16-17-12(11)10-5-14-9-15-6-10/h5-7,9,13H,3-4,8H2,1-2H3,(H,16,17). The Kier molecular flexibility index (Phi) is 4.38. The third-order valence-electron chi connectivity index (χ3n) is 2.75. The maximum Gasteiger partial charge on any atom is 0.115 e. The third kappa shape index (κ3) is 3.12. The number of nitrogens with one attached hydrogen (secondary N) is 2. The van der Waals surface area contributed by atoms with E-state index in [2.05, 4.69) is 37.4 Å². The topological polar surface area (TPSA) is 69.7 Å². The van der Waals surface area contributed by atoms with Crippen molar-refractivity contribution in [2.75, 3.05) is 27.2 Å². The van der Waals surface area contributed by atoms with Crippen LogP contribution in [0.1, 0.15) is 5.56 Å². The highest BCUT2D eigenvalue weighted by Crippen LogP contribution is 2.19. The van der Waals surface area contributed by atoms with Crippen molar-refractivity contribution in [1.29, 1.82) is 0 Å². The fourth-order valence-corrected chi connectivity index (χ4v) is 1.78. The second-order valence-electron chi connectivity index (χ2n) is 4.24. The summed E-state index contributed by atoms with van der Waals surface area (Å²) in [5.74, 6) is 0. The van der Waals surface area contributed by atoms with Gasteiger partial charge >= 0.3 is 0 Å². The first-order valence-corrected chi connectivity index (χ1v) is 5.92. The normalized spacial score (nSPS) is 11.1. The molecule has 96 valence electrons. The van der Waals surface area contributed by atoms with Crippen LogP contribution in [-0.4, -0.2) is 52.3 Å². The summed E-state index contributed by atoms with van der Waals surface area (Å²) in [5, 5.41) is 10.3. The molecule has 2 aromatic heterocycles. The summed E-state index contributed by atoms with van der Waals surface area (Å²) in [7, 11) is 4.05. The second kappa shape index (κ2) is 6.23. The number of aromatic amines is 1. The summed E-state index contributed by atoms with van der Waals surface area (Å²) in [6.07, 6.45) is 6.96. The summed E-state index contributed by atoms with van der Waals surface area (Å²) in [6, 6.07) is 0. The average Bonchev–Trinajstić information content (AvgIpc) is 2.85. The van der Waals surface area contributed by atoms with E-state index in [4.69, 9.17) is 0 Å². The molecule has 0 atom stereocenters. The van der Waals surface area contributed by atoms with Crippen molar-refractivity contribution in [3.63, 3.8) is 0 Å². The van der Waals surface area contributed by atoms with Crippen molar-refractivity contribution >= 4 is 0 Å². The molecule has 0 amide bonds. The van der Waals surface area contributed by atoms with Crippen LogP contribution in [-0.2, 0) is 6.54 Å². The van der Waals surface area contributed by atoms with Crippen LogP contribution in [0.15, 0.2) is 24.9 Å². The van der Waals surface area contributed by atoms with Gasteiger partial charge < -0.3 is 10.2 Å². The monoisotopic (exact) mass is 246 g/mol.